The van der Waals surface area contributed by atoms with Gasteiger partial charge in [-0.3, -0.25) is 4.79 Å². The SMILES string of the molecule is Cc1cc(C)c(NC(=O)CNS(=O)(=O)c2ccc(C)cc2Cl)c(C)c1. The van der Waals surface area contributed by atoms with Gasteiger partial charge >= 0.3 is 0 Å². The molecule has 1 amide bonds. The minimum atomic E-state index is -3.86. The average Bonchev–Trinajstić information content (AvgIpc) is 2.48. The van der Waals surface area contributed by atoms with Gasteiger partial charge in [-0.25, -0.2) is 13.1 Å². The largest absolute Gasteiger partial charge is 0.324 e. The molecule has 0 aliphatic carbocycles. The molecule has 0 bridgehead atoms. The van der Waals surface area contributed by atoms with Crippen LogP contribution in [0.3, 0.4) is 0 Å². The van der Waals surface area contributed by atoms with Crippen molar-refractivity contribution >= 4 is 33.2 Å². The Kier molecular flexibility index (Phi) is 5.87. The van der Waals surface area contributed by atoms with E-state index >= 15 is 0 Å². The van der Waals surface area contributed by atoms with Crippen molar-refractivity contribution in [3.8, 4) is 0 Å². The standard InChI is InChI=1S/C18H21ClN2O3S/c1-11-5-6-16(15(19)9-11)25(23,24)20-10-17(22)21-18-13(3)7-12(2)8-14(18)4/h5-9,20H,10H2,1-4H3,(H,21,22). The number of amides is 1. The molecule has 2 aromatic rings. The van der Waals surface area contributed by atoms with Crippen molar-refractivity contribution in [1.29, 1.82) is 0 Å². The van der Waals surface area contributed by atoms with E-state index < -0.39 is 15.9 Å². The van der Waals surface area contributed by atoms with Gasteiger partial charge < -0.3 is 5.32 Å². The summed E-state index contributed by atoms with van der Waals surface area (Å²) >= 11 is 6.00. The lowest BCUT2D eigenvalue weighted by Crippen LogP contribution is -2.33. The van der Waals surface area contributed by atoms with E-state index in [0.717, 1.165) is 22.3 Å². The number of carbonyl (C=O) groups excluding carboxylic acids is 1. The molecule has 0 heterocycles. The Morgan fingerprint density at radius 1 is 1.00 bits per heavy atom. The first-order valence-electron chi connectivity index (χ1n) is 7.73. The maximum Gasteiger partial charge on any atom is 0.242 e. The van der Waals surface area contributed by atoms with Crippen molar-refractivity contribution in [3.05, 3.63) is 57.6 Å². The molecule has 7 heteroatoms. The van der Waals surface area contributed by atoms with Gasteiger partial charge in [-0.15, -0.1) is 0 Å². The molecular formula is C18H21ClN2O3S. The highest BCUT2D eigenvalue weighted by Gasteiger charge is 2.19. The minimum absolute atomic E-state index is 0.0461. The van der Waals surface area contributed by atoms with E-state index in [1.54, 1.807) is 12.1 Å². The predicted octanol–water partition coefficient (Wildman–Crippen LogP) is 3.49. The molecule has 0 fully saturated rings. The summed E-state index contributed by atoms with van der Waals surface area (Å²) in [4.78, 5) is 12.1. The number of carbonyl (C=O) groups is 1. The third-order valence-corrected chi connectivity index (χ3v) is 5.63. The third-order valence-electron chi connectivity index (χ3n) is 3.74. The van der Waals surface area contributed by atoms with Gasteiger partial charge in [0.15, 0.2) is 0 Å². The Morgan fingerprint density at radius 3 is 2.16 bits per heavy atom. The van der Waals surface area contributed by atoms with Crippen molar-refractivity contribution in [2.75, 3.05) is 11.9 Å². The van der Waals surface area contributed by atoms with Gasteiger partial charge in [0.25, 0.3) is 0 Å². The van der Waals surface area contributed by atoms with Crippen LogP contribution in [-0.2, 0) is 14.8 Å². The molecule has 0 aromatic heterocycles. The Hall–Kier alpha value is -1.89. The summed E-state index contributed by atoms with van der Waals surface area (Å²) in [5.74, 6) is -0.443. The number of sulfonamides is 1. The van der Waals surface area contributed by atoms with Gasteiger partial charge in [0.2, 0.25) is 15.9 Å². The predicted molar refractivity (Wildman–Crippen MR) is 101 cm³/mol. The zero-order valence-corrected chi connectivity index (χ0v) is 16.2. The van der Waals surface area contributed by atoms with Crippen LogP contribution in [-0.4, -0.2) is 20.9 Å². The lowest BCUT2D eigenvalue weighted by atomic mass is 10.1. The van der Waals surface area contributed by atoms with Crippen LogP contribution in [0.2, 0.25) is 5.02 Å². The second kappa shape index (κ2) is 7.56. The quantitative estimate of drug-likeness (QED) is 0.833. The molecule has 0 spiro atoms. The summed E-state index contributed by atoms with van der Waals surface area (Å²) in [5, 5.41) is 2.88. The summed E-state index contributed by atoms with van der Waals surface area (Å²) in [6.07, 6.45) is 0. The lowest BCUT2D eigenvalue weighted by molar-refractivity contribution is -0.115. The van der Waals surface area contributed by atoms with Crippen molar-refractivity contribution in [2.24, 2.45) is 0 Å². The number of halogens is 1. The van der Waals surface area contributed by atoms with Gasteiger partial charge in [0, 0.05) is 5.69 Å². The summed E-state index contributed by atoms with van der Waals surface area (Å²) < 4.78 is 26.9. The van der Waals surface area contributed by atoms with Crippen LogP contribution in [0.4, 0.5) is 5.69 Å². The fraction of sp³-hybridized carbons (Fsp3) is 0.278. The first kappa shape index (κ1) is 19.4. The smallest absolute Gasteiger partial charge is 0.242 e. The molecule has 0 unspecified atom stereocenters. The Labute approximate surface area is 153 Å². The zero-order chi connectivity index (χ0) is 18.8. The van der Waals surface area contributed by atoms with Gasteiger partial charge in [-0.05, 0) is 56.5 Å². The van der Waals surface area contributed by atoms with E-state index in [2.05, 4.69) is 10.0 Å². The number of aryl methyl sites for hydroxylation is 4. The van der Waals surface area contributed by atoms with E-state index in [-0.39, 0.29) is 16.5 Å². The third kappa shape index (κ3) is 4.81. The monoisotopic (exact) mass is 380 g/mol. The fourth-order valence-electron chi connectivity index (χ4n) is 2.62. The normalized spacial score (nSPS) is 11.4. The summed E-state index contributed by atoms with van der Waals surface area (Å²) in [6.45, 7) is 7.21. The molecule has 2 N–H and O–H groups in total. The maximum absolute atomic E-state index is 12.3. The summed E-state index contributed by atoms with van der Waals surface area (Å²) in [7, 11) is -3.86. The molecule has 0 atom stereocenters. The van der Waals surface area contributed by atoms with E-state index in [1.165, 1.54) is 6.07 Å². The summed E-state index contributed by atoms with van der Waals surface area (Å²) in [5.41, 5.74) is 4.50. The summed E-state index contributed by atoms with van der Waals surface area (Å²) in [6, 6.07) is 8.55. The molecule has 0 saturated heterocycles. The molecule has 0 saturated carbocycles. The average molecular weight is 381 g/mol. The van der Waals surface area contributed by atoms with Crippen LogP contribution in [0.25, 0.3) is 0 Å². The topological polar surface area (TPSA) is 75.3 Å². The Balaban J connectivity index is 2.09. The molecular weight excluding hydrogens is 360 g/mol. The number of benzene rings is 2. The second-order valence-corrected chi connectivity index (χ2v) is 8.22. The van der Waals surface area contributed by atoms with E-state index in [4.69, 9.17) is 11.6 Å². The molecule has 2 rings (SSSR count). The van der Waals surface area contributed by atoms with Gasteiger partial charge in [-0.2, -0.15) is 0 Å². The van der Waals surface area contributed by atoms with Crippen LogP contribution < -0.4 is 10.0 Å². The van der Waals surface area contributed by atoms with E-state index in [0.29, 0.717) is 5.69 Å². The molecule has 5 nitrogen and oxygen atoms in total. The number of hydrogen-bond donors (Lipinski definition) is 2. The molecule has 0 aliphatic heterocycles. The minimum Gasteiger partial charge on any atom is -0.324 e. The number of nitrogens with one attached hydrogen (secondary N) is 2. The molecule has 134 valence electrons. The Bertz CT molecular complexity index is 901. The van der Waals surface area contributed by atoms with Crippen LogP contribution in [0.1, 0.15) is 22.3 Å². The van der Waals surface area contributed by atoms with E-state index in [9.17, 15) is 13.2 Å². The first-order chi connectivity index (χ1) is 11.6. The van der Waals surface area contributed by atoms with Crippen molar-refractivity contribution in [2.45, 2.75) is 32.6 Å². The van der Waals surface area contributed by atoms with Crippen molar-refractivity contribution in [3.63, 3.8) is 0 Å². The molecule has 0 radical (unpaired) electrons. The highest BCUT2D eigenvalue weighted by molar-refractivity contribution is 7.89. The van der Waals surface area contributed by atoms with Crippen molar-refractivity contribution in [1.82, 2.24) is 4.72 Å². The van der Waals surface area contributed by atoms with Gasteiger partial charge in [0.1, 0.15) is 4.90 Å². The van der Waals surface area contributed by atoms with Crippen molar-refractivity contribution < 1.29 is 13.2 Å². The second-order valence-electron chi connectivity index (χ2n) is 6.08. The Morgan fingerprint density at radius 2 is 1.60 bits per heavy atom. The molecule has 2 aromatic carbocycles. The first-order valence-corrected chi connectivity index (χ1v) is 9.60. The highest BCUT2D eigenvalue weighted by atomic mass is 35.5. The fourth-order valence-corrected chi connectivity index (χ4v) is 4.20. The van der Waals surface area contributed by atoms with Gasteiger partial charge in [0.05, 0.1) is 11.6 Å². The molecule has 25 heavy (non-hydrogen) atoms. The van der Waals surface area contributed by atoms with E-state index in [1.807, 2.05) is 39.8 Å². The van der Waals surface area contributed by atoms with Crippen LogP contribution in [0.15, 0.2) is 35.2 Å². The van der Waals surface area contributed by atoms with Crippen LogP contribution >= 0.6 is 11.6 Å². The van der Waals surface area contributed by atoms with Crippen LogP contribution in [0.5, 0.6) is 0 Å². The maximum atomic E-state index is 12.3. The lowest BCUT2D eigenvalue weighted by Gasteiger charge is -2.13. The number of hydrogen-bond acceptors (Lipinski definition) is 3. The highest BCUT2D eigenvalue weighted by Crippen LogP contribution is 2.23. The zero-order valence-electron chi connectivity index (χ0n) is 14.6. The molecule has 0 aliphatic rings. The number of anilines is 1. The number of rotatable bonds is 5. The van der Waals surface area contributed by atoms with Crippen LogP contribution in [0, 0.1) is 27.7 Å². The van der Waals surface area contributed by atoms with Gasteiger partial charge in [-0.1, -0.05) is 35.4 Å².